The monoisotopic (exact) mass is 534 g/mol. The van der Waals surface area contributed by atoms with E-state index in [0.717, 1.165) is 11.3 Å². The van der Waals surface area contributed by atoms with E-state index >= 15 is 0 Å². The number of aromatic nitrogens is 2. The largest absolute Gasteiger partial charge is 0.497 e. The third kappa shape index (κ3) is 5.73. The molecule has 0 saturated heterocycles. The molecule has 192 valence electrons. The van der Waals surface area contributed by atoms with Crippen LogP contribution >= 0.6 is 11.3 Å². The molecular formula is C30H22N4O4S. The molecule has 8 nitrogen and oxygen atoms in total. The van der Waals surface area contributed by atoms with Gasteiger partial charge in [-0.3, -0.25) is 19.7 Å². The van der Waals surface area contributed by atoms with E-state index in [4.69, 9.17) is 4.74 Å². The van der Waals surface area contributed by atoms with Crippen molar-refractivity contribution in [1.82, 2.24) is 10.2 Å². The molecule has 0 aliphatic heterocycles. The molecule has 0 spiro atoms. The summed E-state index contributed by atoms with van der Waals surface area (Å²) in [5.41, 5.74) is 2.31. The van der Waals surface area contributed by atoms with Crippen LogP contribution in [0.2, 0.25) is 0 Å². The predicted molar refractivity (Wildman–Crippen MR) is 151 cm³/mol. The molecule has 1 heterocycles. The van der Waals surface area contributed by atoms with Crippen molar-refractivity contribution in [3.05, 3.63) is 125 Å². The number of nitrogens with one attached hydrogen (secondary N) is 2. The number of hydrogen-bond donors (Lipinski definition) is 2. The number of carbonyl (C=O) groups excluding carboxylic acids is 3. The Morgan fingerprint density at radius 3 is 2.00 bits per heavy atom. The van der Waals surface area contributed by atoms with Gasteiger partial charge in [-0.15, -0.1) is 10.2 Å². The van der Waals surface area contributed by atoms with Crippen molar-refractivity contribution in [3.63, 3.8) is 0 Å². The summed E-state index contributed by atoms with van der Waals surface area (Å²) in [7, 11) is 1.59. The van der Waals surface area contributed by atoms with E-state index in [1.807, 2.05) is 30.3 Å². The average molecular weight is 535 g/mol. The van der Waals surface area contributed by atoms with Crippen molar-refractivity contribution >= 4 is 39.8 Å². The second-order valence-corrected chi connectivity index (χ2v) is 9.31. The van der Waals surface area contributed by atoms with Crippen LogP contribution < -0.4 is 15.4 Å². The van der Waals surface area contributed by atoms with Gasteiger partial charge in [0.05, 0.1) is 23.9 Å². The number of hydrogen-bond acceptors (Lipinski definition) is 7. The van der Waals surface area contributed by atoms with Crippen LogP contribution in [0, 0.1) is 0 Å². The second-order valence-electron chi connectivity index (χ2n) is 8.34. The number of carbonyl (C=O) groups is 3. The average Bonchev–Trinajstić information content (AvgIpc) is 3.46. The van der Waals surface area contributed by atoms with Gasteiger partial charge in [0.2, 0.25) is 5.13 Å². The highest BCUT2D eigenvalue weighted by molar-refractivity contribution is 7.18. The Morgan fingerprint density at radius 1 is 0.667 bits per heavy atom. The minimum Gasteiger partial charge on any atom is -0.497 e. The zero-order valence-corrected chi connectivity index (χ0v) is 21.6. The molecule has 0 atom stereocenters. The lowest BCUT2D eigenvalue weighted by Gasteiger charge is -2.12. The summed E-state index contributed by atoms with van der Waals surface area (Å²) in [4.78, 5) is 39.5. The number of ketones is 1. The molecule has 0 bridgehead atoms. The van der Waals surface area contributed by atoms with Crippen molar-refractivity contribution in [2.75, 3.05) is 17.7 Å². The minimum atomic E-state index is -0.507. The number of anilines is 2. The van der Waals surface area contributed by atoms with Gasteiger partial charge in [-0.05, 0) is 42.5 Å². The Labute approximate surface area is 228 Å². The second kappa shape index (κ2) is 11.5. The Bertz CT molecular complexity index is 1650. The number of methoxy groups -OCH3 is 1. The number of rotatable bonds is 8. The molecule has 4 aromatic carbocycles. The molecule has 0 aliphatic carbocycles. The van der Waals surface area contributed by atoms with Crippen LogP contribution in [0.4, 0.5) is 10.8 Å². The molecule has 0 unspecified atom stereocenters. The summed E-state index contributed by atoms with van der Waals surface area (Å²) in [5, 5.41) is 14.7. The van der Waals surface area contributed by atoms with Gasteiger partial charge < -0.3 is 10.1 Å². The molecule has 5 rings (SSSR count). The van der Waals surface area contributed by atoms with Crippen molar-refractivity contribution in [2.24, 2.45) is 0 Å². The smallest absolute Gasteiger partial charge is 0.259 e. The maximum Gasteiger partial charge on any atom is 0.259 e. The van der Waals surface area contributed by atoms with E-state index in [9.17, 15) is 14.4 Å². The zero-order chi connectivity index (χ0) is 27.2. The molecule has 2 amide bonds. The van der Waals surface area contributed by atoms with E-state index in [-0.39, 0.29) is 22.5 Å². The summed E-state index contributed by atoms with van der Waals surface area (Å²) in [6.45, 7) is 0. The van der Waals surface area contributed by atoms with E-state index in [1.54, 1.807) is 79.9 Å². The van der Waals surface area contributed by atoms with E-state index in [0.29, 0.717) is 21.4 Å². The molecule has 9 heteroatoms. The van der Waals surface area contributed by atoms with Crippen LogP contribution in [0.15, 0.2) is 103 Å². The Hall–Kier alpha value is -5.15. The first-order chi connectivity index (χ1) is 19.0. The summed E-state index contributed by atoms with van der Waals surface area (Å²) >= 11 is 1.22. The van der Waals surface area contributed by atoms with Crippen molar-refractivity contribution in [2.45, 2.75) is 0 Å². The first-order valence-corrected chi connectivity index (χ1v) is 12.7. The number of nitrogens with zero attached hydrogens (tertiary/aromatic N) is 2. The molecular weight excluding hydrogens is 512 g/mol. The molecule has 5 aromatic rings. The molecule has 0 aliphatic rings. The molecule has 1 aromatic heterocycles. The predicted octanol–water partition coefficient (Wildman–Crippen LogP) is 5.95. The molecule has 0 fully saturated rings. The van der Waals surface area contributed by atoms with Gasteiger partial charge in [0, 0.05) is 16.7 Å². The first kappa shape index (κ1) is 25.5. The van der Waals surface area contributed by atoms with E-state index < -0.39 is 11.8 Å². The lowest BCUT2D eigenvalue weighted by atomic mass is 9.98. The highest BCUT2D eigenvalue weighted by Crippen LogP contribution is 2.28. The molecule has 0 radical (unpaired) electrons. The van der Waals surface area contributed by atoms with Crippen LogP contribution in [0.1, 0.15) is 36.6 Å². The molecule has 39 heavy (non-hydrogen) atoms. The van der Waals surface area contributed by atoms with E-state index in [1.165, 1.54) is 11.3 Å². The highest BCUT2D eigenvalue weighted by Gasteiger charge is 2.20. The van der Waals surface area contributed by atoms with Gasteiger partial charge >= 0.3 is 0 Å². The lowest BCUT2D eigenvalue weighted by molar-refractivity contribution is 0.0995. The van der Waals surface area contributed by atoms with Crippen LogP contribution in [-0.2, 0) is 0 Å². The maximum absolute atomic E-state index is 13.3. The van der Waals surface area contributed by atoms with Gasteiger partial charge in [0.25, 0.3) is 11.8 Å². The van der Waals surface area contributed by atoms with Crippen LogP contribution in [0.3, 0.4) is 0 Å². The number of amides is 2. The number of para-hydroxylation sites is 1. The first-order valence-electron chi connectivity index (χ1n) is 11.9. The van der Waals surface area contributed by atoms with Gasteiger partial charge in [-0.2, -0.15) is 0 Å². The number of ether oxygens (including phenoxy) is 1. The maximum atomic E-state index is 13.3. The van der Waals surface area contributed by atoms with Crippen LogP contribution in [0.5, 0.6) is 5.75 Å². The molecule has 2 N–H and O–H groups in total. The fourth-order valence-electron chi connectivity index (χ4n) is 3.89. The van der Waals surface area contributed by atoms with E-state index in [2.05, 4.69) is 20.8 Å². The third-order valence-corrected chi connectivity index (χ3v) is 6.74. The van der Waals surface area contributed by atoms with Crippen molar-refractivity contribution < 1.29 is 19.1 Å². The van der Waals surface area contributed by atoms with Gasteiger partial charge in [-0.25, -0.2) is 0 Å². The lowest BCUT2D eigenvalue weighted by Crippen LogP contribution is -2.20. The summed E-state index contributed by atoms with van der Waals surface area (Å²) in [6.07, 6.45) is 0. The normalized spacial score (nSPS) is 10.5. The minimum absolute atomic E-state index is 0.204. The van der Waals surface area contributed by atoms with Gasteiger partial charge in [0.1, 0.15) is 10.8 Å². The van der Waals surface area contributed by atoms with Crippen molar-refractivity contribution in [1.29, 1.82) is 0 Å². The molecule has 0 saturated carbocycles. The standard InChI is InChI=1S/C30H22N4O4S/c1-38-21-17-15-20(16-18-21)29-33-34-30(39-29)32-28(37)24-13-7-8-14-25(24)31-27(36)23-12-6-5-11-22(23)26(35)19-9-3-2-4-10-19/h2-18H,1H3,(H,31,36)(H,32,34,37). The fourth-order valence-corrected chi connectivity index (χ4v) is 4.64. The van der Waals surface area contributed by atoms with Crippen LogP contribution in [-0.4, -0.2) is 34.9 Å². The van der Waals surface area contributed by atoms with Crippen molar-refractivity contribution in [3.8, 4) is 16.3 Å². The third-order valence-electron chi connectivity index (χ3n) is 5.85. The number of benzene rings is 4. The SMILES string of the molecule is COc1ccc(-c2nnc(NC(=O)c3ccccc3NC(=O)c3ccccc3C(=O)c3ccccc3)s2)cc1. The van der Waals surface area contributed by atoms with Gasteiger partial charge in [-0.1, -0.05) is 72.0 Å². The Kier molecular flexibility index (Phi) is 7.51. The Balaban J connectivity index is 1.34. The topological polar surface area (TPSA) is 110 Å². The quantitative estimate of drug-likeness (QED) is 0.238. The van der Waals surface area contributed by atoms with Crippen LogP contribution in [0.25, 0.3) is 10.6 Å². The summed E-state index contributed by atoms with van der Waals surface area (Å²) in [6, 6.07) is 29.3. The highest BCUT2D eigenvalue weighted by atomic mass is 32.1. The summed E-state index contributed by atoms with van der Waals surface area (Å²) < 4.78 is 5.18. The zero-order valence-electron chi connectivity index (χ0n) is 20.8. The fraction of sp³-hybridized carbons (Fsp3) is 0.0333. The summed E-state index contributed by atoms with van der Waals surface area (Å²) in [5.74, 6) is -0.511. The Morgan fingerprint density at radius 2 is 1.28 bits per heavy atom. The van der Waals surface area contributed by atoms with Gasteiger partial charge in [0.15, 0.2) is 5.78 Å².